The van der Waals surface area contributed by atoms with E-state index >= 15 is 0 Å². The van der Waals surface area contributed by atoms with Gasteiger partial charge in [-0.05, 0) is 38.1 Å². The van der Waals surface area contributed by atoms with Gasteiger partial charge in [-0.1, -0.05) is 122 Å². The molecule has 176 valence electrons. The topological polar surface area (TPSA) is 34.1 Å². The largest absolute Gasteiger partial charge is 0.234 e. The molecule has 1 rings (SSSR count). The standard InChI is InChI=1S/C28H47O2P/c1-3-5-7-9-11-13-15-19-23-31(26-30,28-22-18-17-21-27(28)25-29)24-20-16-14-12-10-8-6-4-2/h17-18,21-22,28H,3-16,19-20,23-24H2,1-2H3. The van der Waals surface area contributed by atoms with Crippen LogP contribution in [0.2, 0.25) is 0 Å². The summed E-state index contributed by atoms with van der Waals surface area (Å²) in [6.45, 7) is 2.50. The Morgan fingerprint density at radius 1 is 0.677 bits per heavy atom. The Labute approximate surface area is 192 Å². The first-order valence-electron chi connectivity index (χ1n) is 13.1. The third-order valence-electron chi connectivity index (χ3n) is 6.65. The molecule has 1 aliphatic carbocycles. The summed E-state index contributed by atoms with van der Waals surface area (Å²) in [4.78, 5) is 24.0. The Balaban J connectivity index is 2.59. The molecule has 0 aromatic carbocycles. The summed E-state index contributed by atoms with van der Waals surface area (Å²) in [7, 11) is 0. The molecule has 0 bridgehead atoms. The van der Waals surface area contributed by atoms with E-state index in [1.54, 1.807) is 0 Å². The fourth-order valence-corrected chi connectivity index (χ4v) is 8.40. The van der Waals surface area contributed by atoms with Crippen molar-refractivity contribution in [3.05, 3.63) is 29.9 Å². The second-order valence-electron chi connectivity index (χ2n) is 9.27. The molecule has 0 saturated carbocycles. The first kappa shape index (κ1) is 28.0. The highest BCUT2D eigenvalue weighted by Gasteiger charge is 2.31. The van der Waals surface area contributed by atoms with Crippen LogP contribution in [0, 0.1) is 0 Å². The van der Waals surface area contributed by atoms with Gasteiger partial charge >= 0.3 is 0 Å². The maximum Gasteiger partial charge on any atom is 0.128 e. The minimum Gasteiger partial charge on any atom is -0.234 e. The number of hydrogen-bond acceptors (Lipinski definition) is 2. The molecule has 1 aliphatic rings. The van der Waals surface area contributed by atoms with Crippen molar-refractivity contribution in [3.63, 3.8) is 0 Å². The minimum absolute atomic E-state index is 0.0541. The van der Waals surface area contributed by atoms with E-state index in [4.69, 9.17) is 0 Å². The van der Waals surface area contributed by atoms with E-state index in [1.807, 2.05) is 18.2 Å². The lowest BCUT2D eigenvalue weighted by Gasteiger charge is -2.30. The Bertz CT molecular complexity index is 624. The van der Waals surface area contributed by atoms with Gasteiger partial charge < -0.3 is 0 Å². The van der Waals surface area contributed by atoms with E-state index < -0.39 is 6.89 Å². The molecule has 0 spiro atoms. The highest BCUT2D eigenvalue weighted by atomic mass is 31.2. The van der Waals surface area contributed by atoms with Crippen molar-refractivity contribution in [1.29, 1.82) is 0 Å². The van der Waals surface area contributed by atoms with Crippen LogP contribution in [0.15, 0.2) is 29.9 Å². The summed E-state index contributed by atoms with van der Waals surface area (Å²) in [6, 6.07) is 0. The monoisotopic (exact) mass is 446 g/mol. The predicted octanol–water partition coefficient (Wildman–Crippen LogP) is 8.61. The van der Waals surface area contributed by atoms with Crippen molar-refractivity contribution >= 4 is 18.5 Å². The normalized spacial score (nSPS) is 15.8. The van der Waals surface area contributed by atoms with E-state index in [9.17, 15) is 9.59 Å². The van der Waals surface area contributed by atoms with Gasteiger partial charge in [0.15, 0.2) is 0 Å². The van der Waals surface area contributed by atoms with Gasteiger partial charge in [-0.2, -0.15) is 0 Å². The van der Waals surface area contributed by atoms with Crippen molar-refractivity contribution in [2.45, 2.75) is 122 Å². The van der Waals surface area contributed by atoms with Crippen LogP contribution in [0.4, 0.5) is 0 Å². The lowest BCUT2D eigenvalue weighted by atomic mass is 10.1. The summed E-state index contributed by atoms with van der Waals surface area (Å²) < 4.78 is 0. The van der Waals surface area contributed by atoms with E-state index in [0.717, 1.165) is 25.2 Å². The fraction of sp³-hybridized carbons (Fsp3) is 0.750. The van der Waals surface area contributed by atoms with Crippen molar-refractivity contribution in [1.82, 2.24) is 0 Å². The van der Waals surface area contributed by atoms with Crippen LogP contribution in [-0.4, -0.2) is 29.6 Å². The van der Waals surface area contributed by atoms with Crippen LogP contribution >= 0.6 is 6.89 Å². The molecule has 3 heteroatoms. The maximum atomic E-state index is 12.4. The number of carbonyl (C=O) groups excluding carboxylic acids is 2. The summed E-state index contributed by atoms with van der Waals surface area (Å²) in [5.74, 6) is 2.13. The van der Waals surface area contributed by atoms with Gasteiger partial charge in [0, 0.05) is 11.2 Å². The van der Waals surface area contributed by atoms with E-state index in [2.05, 4.69) is 31.5 Å². The smallest absolute Gasteiger partial charge is 0.128 e. The number of unbranched alkanes of at least 4 members (excludes halogenated alkanes) is 14. The number of allylic oxidation sites excluding steroid dienone is 5. The van der Waals surface area contributed by atoms with Crippen LogP contribution < -0.4 is 0 Å². The van der Waals surface area contributed by atoms with E-state index in [1.165, 1.54) is 89.9 Å². The van der Waals surface area contributed by atoms with Crippen LogP contribution in [-0.2, 0) is 9.59 Å². The van der Waals surface area contributed by atoms with Gasteiger partial charge in [0.25, 0.3) is 0 Å². The summed E-state index contributed by atoms with van der Waals surface area (Å²) in [5, 5.41) is 0. The first-order valence-corrected chi connectivity index (χ1v) is 15.3. The molecule has 0 aromatic rings. The second kappa shape index (κ2) is 18.5. The molecule has 0 heterocycles. The molecule has 0 radical (unpaired) electrons. The van der Waals surface area contributed by atoms with Gasteiger partial charge in [-0.15, -0.1) is 0 Å². The van der Waals surface area contributed by atoms with Gasteiger partial charge in [-0.3, -0.25) is 0 Å². The average Bonchev–Trinajstić information content (AvgIpc) is 2.81. The molecule has 0 amide bonds. The van der Waals surface area contributed by atoms with Crippen molar-refractivity contribution < 1.29 is 9.59 Å². The molecular formula is C28H47O2P. The summed E-state index contributed by atoms with van der Waals surface area (Å²) >= 11 is 0. The van der Waals surface area contributed by atoms with Crippen LogP contribution in [0.3, 0.4) is 0 Å². The SMILES string of the molecule is CCCCCCCCCCP(=C=O)(CCCCCCCCCC)C1C=CC=CC1=C=O. The highest BCUT2D eigenvalue weighted by Crippen LogP contribution is 2.56. The maximum absolute atomic E-state index is 12.4. The fourth-order valence-electron chi connectivity index (χ4n) is 4.65. The Hall–Kier alpha value is -1.06. The molecule has 0 aliphatic heterocycles. The molecule has 1 atom stereocenters. The third kappa shape index (κ3) is 11.4. The lowest BCUT2D eigenvalue weighted by molar-refractivity contribution is 0.567. The van der Waals surface area contributed by atoms with Crippen molar-refractivity contribution in [3.8, 4) is 0 Å². The van der Waals surface area contributed by atoms with E-state index in [0.29, 0.717) is 5.57 Å². The third-order valence-corrected chi connectivity index (χ3v) is 10.8. The zero-order valence-corrected chi connectivity index (χ0v) is 21.3. The summed E-state index contributed by atoms with van der Waals surface area (Å²) in [6.07, 6.45) is 30.0. The molecule has 31 heavy (non-hydrogen) atoms. The highest BCUT2D eigenvalue weighted by molar-refractivity contribution is 7.75. The van der Waals surface area contributed by atoms with Crippen molar-refractivity contribution in [2.75, 3.05) is 12.3 Å². The average molecular weight is 447 g/mol. The van der Waals surface area contributed by atoms with Gasteiger partial charge in [0.05, 0.1) is 0 Å². The van der Waals surface area contributed by atoms with Crippen LogP contribution in [0.1, 0.15) is 117 Å². The van der Waals surface area contributed by atoms with E-state index in [-0.39, 0.29) is 5.66 Å². The second-order valence-corrected chi connectivity index (χ2v) is 13.0. The Morgan fingerprint density at radius 3 is 1.55 bits per heavy atom. The molecule has 0 fully saturated rings. The quantitative estimate of drug-likeness (QED) is 0.113. The summed E-state index contributed by atoms with van der Waals surface area (Å²) in [5.41, 5.74) is 3.17. The molecule has 1 unspecified atom stereocenters. The number of hydrogen-bond donors (Lipinski definition) is 0. The number of rotatable bonds is 19. The molecule has 0 N–H and O–H groups in total. The molecule has 0 aromatic heterocycles. The molecule has 0 saturated heterocycles. The zero-order chi connectivity index (χ0) is 22.6. The Kier molecular flexibility index (Phi) is 16.7. The zero-order valence-electron chi connectivity index (χ0n) is 20.4. The van der Waals surface area contributed by atoms with Gasteiger partial charge in [0.2, 0.25) is 0 Å². The first-order chi connectivity index (χ1) is 15.2. The molecular weight excluding hydrogens is 399 g/mol. The van der Waals surface area contributed by atoms with Gasteiger partial charge in [0.1, 0.15) is 11.6 Å². The minimum atomic E-state index is -2.00. The van der Waals surface area contributed by atoms with Crippen LogP contribution in [0.25, 0.3) is 0 Å². The lowest BCUT2D eigenvalue weighted by Crippen LogP contribution is -2.16. The van der Waals surface area contributed by atoms with Gasteiger partial charge in [-0.25, -0.2) is 9.59 Å². The van der Waals surface area contributed by atoms with Crippen molar-refractivity contribution in [2.24, 2.45) is 0 Å². The predicted molar refractivity (Wildman–Crippen MR) is 139 cm³/mol. The Morgan fingerprint density at radius 2 is 1.13 bits per heavy atom. The van der Waals surface area contributed by atoms with Crippen LogP contribution in [0.5, 0.6) is 0 Å². The molecule has 2 nitrogen and oxygen atoms in total.